The van der Waals surface area contributed by atoms with Crippen molar-refractivity contribution in [2.75, 3.05) is 13.7 Å². The average molecular weight is 281 g/mol. The van der Waals surface area contributed by atoms with E-state index in [0.717, 1.165) is 12.1 Å². The molecule has 0 radical (unpaired) electrons. The molecule has 1 aromatic carbocycles. The molecule has 0 aliphatic heterocycles. The SMILES string of the molecule is CCCCCCCCNC(C)c1ccc(OC)c(F)c1. The fraction of sp³-hybridized carbons (Fsp3) is 0.647. The number of hydrogen-bond donors (Lipinski definition) is 1. The highest BCUT2D eigenvalue weighted by Crippen LogP contribution is 2.21. The van der Waals surface area contributed by atoms with Crippen molar-refractivity contribution in [3.8, 4) is 5.75 Å². The topological polar surface area (TPSA) is 21.3 Å². The predicted molar refractivity (Wildman–Crippen MR) is 82.7 cm³/mol. The van der Waals surface area contributed by atoms with Gasteiger partial charge in [0.2, 0.25) is 0 Å². The largest absolute Gasteiger partial charge is 0.494 e. The quantitative estimate of drug-likeness (QED) is 0.619. The molecule has 3 heteroatoms. The maximum atomic E-state index is 13.6. The Balaban J connectivity index is 2.25. The summed E-state index contributed by atoms with van der Waals surface area (Å²) in [6, 6.07) is 5.33. The van der Waals surface area contributed by atoms with E-state index in [-0.39, 0.29) is 11.9 Å². The van der Waals surface area contributed by atoms with Gasteiger partial charge in [0.05, 0.1) is 7.11 Å². The Morgan fingerprint density at radius 2 is 1.85 bits per heavy atom. The van der Waals surface area contributed by atoms with Gasteiger partial charge in [-0.25, -0.2) is 4.39 Å². The number of benzene rings is 1. The summed E-state index contributed by atoms with van der Waals surface area (Å²) < 4.78 is 18.5. The molecule has 1 N–H and O–H groups in total. The lowest BCUT2D eigenvalue weighted by Crippen LogP contribution is -2.20. The Morgan fingerprint density at radius 1 is 1.15 bits per heavy atom. The summed E-state index contributed by atoms with van der Waals surface area (Å²) in [6.07, 6.45) is 7.76. The molecule has 0 saturated heterocycles. The Hall–Kier alpha value is -1.09. The van der Waals surface area contributed by atoms with Gasteiger partial charge in [-0.1, -0.05) is 45.1 Å². The summed E-state index contributed by atoms with van der Waals surface area (Å²) in [6.45, 7) is 5.29. The van der Waals surface area contributed by atoms with Crippen molar-refractivity contribution in [3.63, 3.8) is 0 Å². The van der Waals surface area contributed by atoms with Gasteiger partial charge in [0.25, 0.3) is 0 Å². The number of nitrogens with one attached hydrogen (secondary N) is 1. The summed E-state index contributed by atoms with van der Waals surface area (Å²) in [5, 5.41) is 3.45. The van der Waals surface area contributed by atoms with Gasteiger partial charge in [-0.05, 0) is 37.6 Å². The first kappa shape index (κ1) is 17.0. The van der Waals surface area contributed by atoms with E-state index in [1.165, 1.54) is 45.6 Å². The summed E-state index contributed by atoms with van der Waals surface area (Å²) in [5.41, 5.74) is 0.967. The molecule has 0 aromatic heterocycles. The second kappa shape index (κ2) is 9.76. The molecule has 0 fully saturated rings. The molecular formula is C17H28FNO. The summed E-state index contributed by atoms with van der Waals surface area (Å²) >= 11 is 0. The first-order valence-electron chi connectivity index (χ1n) is 7.75. The van der Waals surface area contributed by atoms with Gasteiger partial charge in [-0.3, -0.25) is 0 Å². The third-order valence-electron chi connectivity index (χ3n) is 3.66. The maximum absolute atomic E-state index is 13.6. The van der Waals surface area contributed by atoms with Gasteiger partial charge in [0, 0.05) is 6.04 Å². The van der Waals surface area contributed by atoms with Gasteiger partial charge in [-0.2, -0.15) is 0 Å². The summed E-state index contributed by atoms with van der Waals surface area (Å²) in [7, 11) is 1.48. The zero-order chi connectivity index (χ0) is 14.8. The van der Waals surface area contributed by atoms with Crippen molar-refractivity contribution in [2.45, 2.75) is 58.4 Å². The predicted octanol–water partition coefficient (Wildman–Crippen LogP) is 4.85. The van der Waals surface area contributed by atoms with Crippen LogP contribution in [0.5, 0.6) is 5.75 Å². The fourth-order valence-corrected chi connectivity index (χ4v) is 2.29. The molecule has 114 valence electrons. The first-order chi connectivity index (χ1) is 9.69. The van der Waals surface area contributed by atoms with E-state index in [1.54, 1.807) is 12.1 Å². The Labute approximate surface area is 122 Å². The highest BCUT2D eigenvalue weighted by molar-refractivity contribution is 5.30. The second-order valence-corrected chi connectivity index (χ2v) is 5.34. The fourth-order valence-electron chi connectivity index (χ4n) is 2.29. The van der Waals surface area contributed by atoms with Crippen molar-refractivity contribution in [1.82, 2.24) is 5.32 Å². The van der Waals surface area contributed by atoms with E-state index < -0.39 is 0 Å². The van der Waals surface area contributed by atoms with Crippen molar-refractivity contribution in [1.29, 1.82) is 0 Å². The Kier molecular flexibility index (Phi) is 8.28. The highest BCUT2D eigenvalue weighted by Gasteiger charge is 2.08. The van der Waals surface area contributed by atoms with Crippen LogP contribution in [0.4, 0.5) is 4.39 Å². The van der Waals surface area contributed by atoms with Crippen LogP contribution in [0.15, 0.2) is 18.2 Å². The molecule has 0 spiro atoms. The third kappa shape index (κ3) is 5.91. The van der Waals surface area contributed by atoms with Gasteiger partial charge < -0.3 is 10.1 Å². The minimum Gasteiger partial charge on any atom is -0.494 e. The van der Waals surface area contributed by atoms with Crippen molar-refractivity contribution in [2.24, 2.45) is 0 Å². The van der Waals surface area contributed by atoms with Crippen molar-refractivity contribution >= 4 is 0 Å². The summed E-state index contributed by atoms with van der Waals surface area (Å²) in [4.78, 5) is 0. The minimum atomic E-state index is -0.293. The lowest BCUT2D eigenvalue weighted by atomic mass is 10.1. The molecule has 0 amide bonds. The van der Waals surface area contributed by atoms with Crippen LogP contribution in [0.2, 0.25) is 0 Å². The van der Waals surface area contributed by atoms with Crippen LogP contribution in [0, 0.1) is 5.82 Å². The van der Waals surface area contributed by atoms with Gasteiger partial charge in [0.15, 0.2) is 11.6 Å². The molecule has 1 atom stereocenters. The lowest BCUT2D eigenvalue weighted by Gasteiger charge is -2.15. The normalized spacial score (nSPS) is 12.4. The Morgan fingerprint density at radius 3 is 2.50 bits per heavy atom. The standard InChI is InChI=1S/C17H28FNO/c1-4-5-6-7-8-9-12-19-14(2)15-10-11-17(20-3)16(18)13-15/h10-11,13-14,19H,4-9,12H2,1-3H3. The van der Waals surface area contributed by atoms with Crippen LogP contribution in [0.25, 0.3) is 0 Å². The molecule has 1 unspecified atom stereocenters. The molecule has 0 aliphatic carbocycles. The van der Waals surface area contributed by atoms with E-state index in [1.807, 2.05) is 6.07 Å². The smallest absolute Gasteiger partial charge is 0.165 e. The Bertz CT molecular complexity index is 381. The van der Waals surface area contributed by atoms with Crippen LogP contribution in [0.1, 0.15) is 64.0 Å². The van der Waals surface area contributed by atoms with Gasteiger partial charge >= 0.3 is 0 Å². The zero-order valence-corrected chi connectivity index (χ0v) is 13.0. The number of ether oxygens (including phenoxy) is 1. The van der Waals surface area contributed by atoms with Crippen molar-refractivity contribution in [3.05, 3.63) is 29.6 Å². The van der Waals surface area contributed by atoms with Crippen LogP contribution in [0.3, 0.4) is 0 Å². The van der Waals surface area contributed by atoms with Crippen LogP contribution < -0.4 is 10.1 Å². The van der Waals surface area contributed by atoms with Gasteiger partial charge in [-0.15, -0.1) is 0 Å². The molecule has 1 aromatic rings. The number of halogens is 1. The highest BCUT2D eigenvalue weighted by atomic mass is 19.1. The first-order valence-corrected chi connectivity index (χ1v) is 7.75. The third-order valence-corrected chi connectivity index (χ3v) is 3.66. The number of unbranched alkanes of at least 4 members (excludes halogenated alkanes) is 5. The summed E-state index contributed by atoms with van der Waals surface area (Å²) in [5.74, 6) is 0.00934. The average Bonchev–Trinajstić information content (AvgIpc) is 2.46. The molecule has 0 aliphatic rings. The molecule has 20 heavy (non-hydrogen) atoms. The van der Waals surface area contributed by atoms with Crippen LogP contribution in [-0.4, -0.2) is 13.7 Å². The molecule has 0 bridgehead atoms. The van der Waals surface area contributed by atoms with E-state index in [0.29, 0.717) is 5.75 Å². The van der Waals surface area contributed by atoms with Crippen molar-refractivity contribution < 1.29 is 9.13 Å². The van der Waals surface area contributed by atoms with Crippen LogP contribution in [-0.2, 0) is 0 Å². The van der Waals surface area contributed by atoms with Gasteiger partial charge in [0.1, 0.15) is 0 Å². The van der Waals surface area contributed by atoms with E-state index >= 15 is 0 Å². The molecule has 1 rings (SSSR count). The number of methoxy groups -OCH3 is 1. The zero-order valence-electron chi connectivity index (χ0n) is 13.0. The minimum absolute atomic E-state index is 0.172. The monoisotopic (exact) mass is 281 g/mol. The van der Waals surface area contributed by atoms with E-state index in [2.05, 4.69) is 19.2 Å². The number of hydrogen-bond acceptors (Lipinski definition) is 2. The van der Waals surface area contributed by atoms with E-state index in [4.69, 9.17) is 4.74 Å². The molecule has 0 heterocycles. The molecular weight excluding hydrogens is 253 g/mol. The molecule has 0 saturated carbocycles. The maximum Gasteiger partial charge on any atom is 0.165 e. The van der Waals surface area contributed by atoms with E-state index in [9.17, 15) is 4.39 Å². The van der Waals surface area contributed by atoms with Crippen LogP contribution >= 0.6 is 0 Å². The molecule has 2 nitrogen and oxygen atoms in total. The lowest BCUT2D eigenvalue weighted by molar-refractivity contribution is 0.385. The second-order valence-electron chi connectivity index (χ2n) is 5.34. The number of rotatable bonds is 10.